The van der Waals surface area contributed by atoms with Crippen molar-refractivity contribution < 1.29 is 39.0 Å². The Morgan fingerprint density at radius 2 is 1.62 bits per heavy atom. The Balaban J connectivity index is -0.000000242. The minimum atomic E-state index is -5.14. The van der Waals surface area contributed by atoms with Crippen LogP contribution in [-0.4, -0.2) is 64.8 Å². The molecular formula is C6H9CaO8P. The number of phosphoric acid groups is 1. The quantitative estimate of drug-likeness (QED) is 0.302. The van der Waals surface area contributed by atoms with Gasteiger partial charge in [0.1, 0.15) is 0 Å². The normalized spacial score (nSPS) is 10.6. The topological polar surface area (TPSA) is 158 Å². The fraction of sp³-hybridized carbons (Fsp3) is 0.333. The van der Waals surface area contributed by atoms with E-state index in [4.69, 9.17) is 29.5 Å². The second-order valence-electron chi connectivity index (χ2n) is 2.14. The third kappa shape index (κ3) is 23.7. The Bertz CT molecular complexity index is 297. The summed E-state index contributed by atoms with van der Waals surface area (Å²) >= 11 is 0. The van der Waals surface area contributed by atoms with E-state index in [2.05, 4.69) is 0 Å². The van der Waals surface area contributed by atoms with Crippen LogP contribution in [0.4, 0.5) is 0 Å². The summed E-state index contributed by atoms with van der Waals surface area (Å²) in [4.78, 5) is 44.4. The zero-order chi connectivity index (χ0) is 12.6. The Hall–Kier alpha value is 0.0497. The van der Waals surface area contributed by atoms with Gasteiger partial charge in [-0.1, -0.05) is 6.92 Å². The van der Waals surface area contributed by atoms with E-state index in [0.29, 0.717) is 6.08 Å². The average molecular weight is 280 g/mol. The van der Waals surface area contributed by atoms with E-state index >= 15 is 0 Å². The summed E-state index contributed by atoms with van der Waals surface area (Å²) in [6, 6.07) is 0. The molecule has 0 heterocycles. The summed E-state index contributed by atoms with van der Waals surface area (Å²) in [5, 5.41) is 16.4. The van der Waals surface area contributed by atoms with Gasteiger partial charge in [0.15, 0.2) is 0 Å². The Kier molecular flexibility index (Phi) is 13.6. The molecule has 16 heavy (non-hydrogen) atoms. The molecule has 0 aliphatic rings. The fourth-order valence-electron chi connectivity index (χ4n) is 0.464. The first-order chi connectivity index (χ1) is 6.57. The Morgan fingerprint density at radius 1 is 1.31 bits per heavy atom. The monoisotopic (exact) mass is 280 g/mol. The molecule has 88 valence electrons. The molecule has 0 unspecified atom stereocenters. The summed E-state index contributed by atoms with van der Waals surface area (Å²) in [6.07, 6.45) is 0.921. The van der Waals surface area contributed by atoms with Crippen LogP contribution in [0.1, 0.15) is 13.3 Å². The van der Waals surface area contributed by atoms with Crippen LogP contribution < -0.4 is 9.79 Å². The number of hydrogen-bond donors (Lipinski definition) is 3. The molecule has 0 amide bonds. The van der Waals surface area contributed by atoms with Crippen LogP contribution in [0.5, 0.6) is 0 Å². The van der Waals surface area contributed by atoms with Crippen molar-refractivity contribution in [3.63, 3.8) is 0 Å². The standard InChI is InChI=1S/C6H8O4.Ca.H3O4P/c1-2-4(6(9)10)3-5(7)8;;1-5(2,3)4/h3H,2H2,1H3,(H,7,8)(H,9,10);;(H3,1,2,3,4)/q;+2;/p-2/b4-3+;;. The molecule has 0 aromatic carbocycles. The summed E-state index contributed by atoms with van der Waals surface area (Å²) in [7, 11) is -5.14. The molecule has 0 saturated heterocycles. The van der Waals surface area contributed by atoms with Crippen LogP contribution in [-0.2, 0) is 14.2 Å². The Morgan fingerprint density at radius 3 is 1.69 bits per heavy atom. The van der Waals surface area contributed by atoms with Gasteiger partial charge in [-0.15, -0.1) is 0 Å². The first-order valence-corrected chi connectivity index (χ1v) is 4.99. The van der Waals surface area contributed by atoms with E-state index in [1.807, 2.05) is 0 Å². The molecule has 0 spiro atoms. The van der Waals surface area contributed by atoms with Crippen LogP contribution in [0.25, 0.3) is 0 Å². The second-order valence-corrected chi connectivity index (χ2v) is 3.07. The van der Waals surface area contributed by atoms with Crippen molar-refractivity contribution in [2.45, 2.75) is 13.3 Å². The maximum absolute atomic E-state index is 10.1. The number of rotatable bonds is 3. The van der Waals surface area contributed by atoms with Crippen LogP contribution in [0.2, 0.25) is 0 Å². The van der Waals surface area contributed by atoms with Crippen LogP contribution in [0.3, 0.4) is 0 Å². The van der Waals surface area contributed by atoms with E-state index in [1.54, 1.807) is 6.92 Å². The predicted molar refractivity (Wildman–Crippen MR) is 49.2 cm³/mol. The van der Waals surface area contributed by atoms with Crippen molar-refractivity contribution >= 4 is 57.5 Å². The van der Waals surface area contributed by atoms with Crippen molar-refractivity contribution in [1.29, 1.82) is 0 Å². The van der Waals surface area contributed by atoms with Crippen molar-refractivity contribution in [3.8, 4) is 0 Å². The van der Waals surface area contributed by atoms with Gasteiger partial charge in [-0.25, -0.2) is 9.59 Å². The van der Waals surface area contributed by atoms with Gasteiger partial charge < -0.3 is 29.5 Å². The van der Waals surface area contributed by atoms with E-state index in [1.165, 1.54) is 0 Å². The van der Waals surface area contributed by atoms with E-state index < -0.39 is 19.8 Å². The molecule has 0 aliphatic heterocycles. The number of carboxylic acids is 2. The molecule has 3 N–H and O–H groups in total. The number of carboxylic acid groups (broad SMARTS) is 2. The zero-order valence-electron chi connectivity index (χ0n) is 8.32. The third-order valence-electron chi connectivity index (χ3n) is 0.953. The number of aliphatic carboxylic acids is 2. The molecular weight excluding hydrogens is 271 g/mol. The molecule has 0 fully saturated rings. The van der Waals surface area contributed by atoms with Crippen LogP contribution in [0.15, 0.2) is 11.6 Å². The number of hydrogen-bond acceptors (Lipinski definition) is 5. The van der Waals surface area contributed by atoms with Crippen molar-refractivity contribution in [1.82, 2.24) is 0 Å². The van der Waals surface area contributed by atoms with Crippen LogP contribution in [0, 0.1) is 0 Å². The van der Waals surface area contributed by atoms with Crippen molar-refractivity contribution in [2.24, 2.45) is 0 Å². The summed E-state index contributed by atoms with van der Waals surface area (Å²) in [6.45, 7) is 1.59. The summed E-state index contributed by atoms with van der Waals surface area (Å²) in [5.41, 5.74) is -0.0903. The molecule has 0 saturated carbocycles. The SMILES string of the molecule is CC/C(=C\C(=O)O)C(=O)O.O=P([O-])([O-])O.[Ca+2]. The predicted octanol–water partition coefficient (Wildman–Crippen LogP) is -2.08. The minimum Gasteiger partial charge on any atom is -0.790 e. The van der Waals surface area contributed by atoms with Crippen LogP contribution >= 0.6 is 7.82 Å². The van der Waals surface area contributed by atoms with Gasteiger partial charge in [0.2, 0.25) is 0 Å². The molecule has 10 heteroatoms. The molecule has 8 nitrogen and oxygen atoms in total. The fourth-order valence-corrected chi connectivity index (χ4v) is 0.464. The van der Waals surface area contributed by atoms with Gasteiger partial charge >= 0.3 is 49.7 Å². The first-order valence-electron chi connectivity index (χ1n) is 3.49. The smallest absolute Gasteiger partial charge is 0.790 e. The summed E-state index contributed by atoms with van der Waals surface area (Å²) < 4.78 is 8.66. The van der Waals surface area contributed by atoms with Gasteiger partial charge in [0.05, 0.1) is 7.82 Å². The first kappa shape index (κ1) is 21.3. The summed E-state index contributed by atoms with van der Waals surface area (Å²) in [5.74, 6) is -2.40. The maximum atomic E-state index is 10.1. The van der Waals surface area contributed by atoms with E-state index in [0.717, 1.165) is 0 Å². The van der Waals surface area contributed by atoms with Gasteiger partial charge in [-0.05, 0) is 6.42 Å². The zero-order valence-corrected chi connectivity index (χ0v) is 11.4. The van der Waals surface area contributed by atoms with Crippen molar-refractivity contribution in [3.05, 3.63) is 11.6 Å². The van der Waals surface area contributed by atoms with Gasteiger partial charge in [-0.2, -0.15) is 0 Å². The minimum absolute atomic E-state index is 0. The molecule has 0 aromatic rings. The molecule has 0 bridgehead atoms. The van der Waals surface area contributed by atoms with E-state index in [9.17, 15) is 9.59 Å². The van der Waals surface area contributed by atoms with Crippen molar-refractivity contribution in [2.75, 3.05) is 0 Å². The second kappa shape index (κ2) is 10.2. The average Bonchev–Trinajstić information content (AvgIpc) is 1.95. The van der Waals surface area contributed by atoms with E-state index in [-0.39, 0.29) is 49.7 Å². The van der Waals surface area contributed by atoms with Gasteiger partial charge in [0, 0.05) is 11.6 Å². The Labute approximate surface area is 121 Å². The largest absolute Gasteiger partial charge is 2.00 e. The molecule has 0 atom stereocenters. The van der Waals surface area contributed by atoms with Gasteiger partial charge in [-0.3, -0.25) is 0 Å². The molecule has 0 radical (unpaired) electrons. The molecule has 0 rings (SSSR count). The molecule has 0 aliphatic carbocycles. The maximum Gasteiger partial charge on any atom is 2.00 e. The molecule has 0 aromatic heterocycles. The van der Waals surface area contributed by atoms with Gasteiger partial charge in [0.25, 0.3) is 0 Å². The number of carbonyl (C=O) groups is 2. The third-order valence-corrected chi connectivity index (χ3v) is 0.953.